The third kappa shape index (κ3) is 6.81. The normalized spacial score (nSPS) is 15.2. The molecule has 5 nitrogen and oxygen atoms in total. The van der Waals surface area contributed by atoms with Gasteiger partial charge in [-0.1, -0.05) is 29.8 Å². The third-order valence-electron chi connectivity index (χ3n) is 5.05. The Morgan fingerprint density at radius 3 is 2.57 bits per heavy atom. The maximum atomic E-state index is 10.4. The highest BCUT2D eigenvalue weighted by molar-refractivity contribution is 6.30. The van der Waals surface area contributed by atoms with Gasteiger partial charge in [0.25, 0.3) is 0 Å². The lowest BCUT2D eigenvalue weighted by Crippen LogP contribution is -2.49. The van der Waals surface area contributed by atoms with Crippen molar-refractivity contribution in [2.75, 3.05) is 51.3 Å². The van der Waals surface area contributed by atoms with Gasteiger partial charge in [-0.05, 0) is 42.3 Å². The molecule has 7 heteroatoms. The molecule has 0 spiro atoms. The Morgan fingerprint density at radius 1 is 1.13 bits per heavy atom. The molecule has 1 fully saturated rings. The highest BCUT2D eigenvalue weighted by Gasteiger charge is 2.20. The van der Waals surface area contributed by atoms with Gasteiger partial charge in [-0.2, -0.15) is 0 Å². The minimum absolute atomic E-state index is 0. The number of β-amino-alcohol motifs (C(OH)–C–C–N with tert-alkyl or cyclic N) is 1. The third-order valence-corrected chi connectivity index (χ3v) is 5.29. The Balaban J connectivity index is 0.00000320. The summed E-state index contributed by atoms with van der Waals surface area (Å²) in [4.78, 5) is 4.58. The summed E-state index contributed by atoms with van der Waals surface area (Å²) in [5, 5.41) is 11.2. The molecule has 0 saturated carbocycles. The van der Waals surface area contributed by atoms with Gasteiger partial charge in [-0.25, -0.2) is 0 Å². The molecule has 164 valence electrons. The maximum Gasteiger partial charge on any atom is 0.161 e. The Labute approximate surface area is 190 Å². The fourth-order valence-corrected chi connectivity index (χ4v) is 3.71. The molecule has 0 amide bonds. The Morgan fingerprint density at radius 2 is 1.90 bits per heavy atom. The second kappa shape index (κ2) is 12.1. The van der Waals surface area contributed by atoms with E-state index < -0.39 is 6.10 Å². The monoisotopic (exact) mass is 452 g/mol. The summed E-state index contributed by atoms with van der Waals surface area (Å²) in [6.45, 7) is 8.17. The lowest BCUT2D eigenvalue weighted by Gasteiger charge is -2.36. The van der Waals surface area contributed by atoms with Crippen LogP contribution in [0.25, 0.3) is 0 Å². The molecule has 1 atom stereocenters. The van der Waals surface area contributed by atoms with Gasteiger partial charge < -0.3 is 19.5 Å². The van der Waals surface area contributed by atoms with Crippen LogP contribution in [0.5, 0.6) is 11.5 Å². The van der Waals surface area contributed by atoms with Crippen molar-refractivity contribution in [1.29, 1.82) is 0 Å². The van der Waals surface area contributed by atoms with Gasteiger partial charge in [0.2, 0.25) is 0 Å². The van der Waals surface area contributed by atoms with Gasteiger partial charge in [0.05, 0.1) is 7.11 Å². The van der Waals surface area contributed by atoms with Gasteiger partial charge in [0.15, 0.2) is 11.5 Å². The van der Waals surface area contributed by atoms with Crippen molar-refractivity contribution in [2.24, 2.45) is 0 Å². The number of benzene rings is 2. The average Bonchev–Trinajstić information content (AvgIpc) is 2.73. The second-order valence-electron chi connectivity index (χ2n) is 7.21. The summed E-state index contributed by atoms with van der Waals surface area (Å²) in [5.74, 6) is 1.32. The first-order valence-electron chi connectivity index (χ1n) is 9.90. The van der Waals surface area contributed by atoms with Crippen molar-refractivity contribution in [3.63, 3.8) is 0 Å². The number of aliphatic hydroxyl groups is 1. The van der Waals surface area contributed by atoms with Gasteiger partial charge in [-0.3, -0.25) is 4.90 Å². The molecule has 0 aliphatic carbocycles. The van der Waals surface area contributed by atoms with E-state index in [9.17, 15) is 5.11 Å². The second-order valence-corrected chi connectivity index (χ2v) is 7.65. The molecular formula is C23H30Cl2N2O3. The number of aliphatic hydroxyl groups excluding tert-OH is 1. The van der Waals surface area contributed by atoms with Crippen molar-refractivity contribution >= 4 is 29.7 Å². The fourth-order valence-electron chi connectivity index (χ4n) is 3.52. The lowest BCUT2D eigenvalue weighted by atomic mass is 10.1. The van der Waals surface area contributed by atoms with Crippen LogP contribution in [0.15, 0.2) is 55.1 Å². The van der Waals surface area contributed by atoms with E-state index in [1.807, 2.05) is 42.5 Å². The smallest absolute Gasteiger partial charge is 0.161 e. The number of allylic oxidation sites excluding steroid dienone is 1. The number of piperazine rings is 1. The zero-order chi connectivity index (χ0) is 20.6. The molecule has 1 unspecified atom stereocenters. The number of methoxy groups -OCH3 is 1. The molecule has 1 saturated heterocycles. The van der Waals surface area contributed by atoms with Crippen LogP contribution in [-0.2, 0) is 6.42 Å². The average molecular weight is 453 g/mol. The number of hydrogen-bond donors (Lipinski definition) is 1. The molecule has 2 aromatic carbocycles. The molecule has 0 radical (unpaired) electrons. The minimum atomic E-state index is -0.565. The summed E-state index contributed by atoms with van der Waals surface area (Å²) in [6.07, 6.45) is 2.07. The summed E-state index contributed by atoms with van der Waals surface area (Å²) in [5.41, 5.74) is 2.26. The molecule has 0 bridgehead atoms. The SMILES string of the molecule is C=CCc1ccc(OCC(O)CN2CCN(c3cccc(Cl)c3)CC2)c(OC)c1.Cl. The Bertz CT molecular complexity index is 811. The van der Waals surface area contributed by atoms with E-state index in [0.717, 1.165) is 48.9 Å². The number of hydrogen-bond acceptors (Lipinski definition) is 5. The molecule has 30 heavy (non-hydrogen) atoms. The number of rotatable bonds is 9. The van der Waals surface area contributed by atoms with E-state index in [2.05, 4.69) is 22.4 Å². The largest absolute Gasteiger partial charge is 0.493 e. The standard InChI is InChI=1S/C23H29ClN2O3.ClH/c1-3-5-18-8-9-22(23(14-18)28-2)29-17-21(27)16-25-10-12-26(13-11-25)20-7-4-6-19(24)15-20;/h3-4,6-9,14-15,21,27H,1,5,10-13,16-17H2,2H3;1H. The van der Waals surface area contributed by atoms with Crippen LogP contribution in [0.1, 0.15) is 5.56 Å². The van der Waals surface area contributed by atoms with Crippen molar-refractivity contribution in [3.8, 4) is 11.5 Å². The summed E-state index contributed by atoms with van der Waals surface area (Å²) in [7, 11) is 1.62. The highest BCUT2D eigenvalue weighted by Crippen LogP contribution is 2.28. The van der Waals surface area contributed by atoms with Crippen molar-refractivity contribution in [3.05, 3.63) is 65.7 Å². The summed E-state index contributed by atoms with van der Waals surface area (Å²) >= 11 is 6.10. The zero-order valence-corrected chi connectivity index (χ0v) is 18.9. The van der Waals surface area contributed by atoms with E-state index >= 15 is 0 Å². The maximum absolute atomic E-state index is 10.4. The van der Waals surface area contributed by atoms with Crippen molar-refractivity contribution < 1.29 is 14.6 Å². The quantitative estimate of drug-likeness (QED) is 0.581. The predicted molar refractivity (Wildman–Crippen MR) is 126 cm³/mol. The molecule has 1 aliphatic heterocycles. The van der Waals surface area contributed by atoms with E-state index in [-0.39, 0.29) is 19.0 Å². The van der Waals surface area contributed by atoms with Crippen molar-refractivity contribution in [1.82, 2.24) is 4.90 Å². The molecule has 3 rings (SSSR count). The van der Waals surface area contributed by atoms with E-state index in [1.165, 1.54) is 0 Å². The van der Waals surface area contributed by atoms with Crippen LogP contribution in [0, 0.1) is 0 Å². The van der Waals surface area contributed by atoms with Crippen LogP contribution < -0.4 is 14.4 Å². The number of halogens is 2. The van der Waals surface area contributed by atoms with Gasteiger partial charge in [-0.15, -0.1) is 19.0 Å². The van der Waals surface area contributed by atoms with Crippen LogP contribution in [0.4, 0.5) is 5.69 Å². The first-order valence-corrected chi connectivity index (χ1v) is 10.3. The van der Waals surface area contributed by atoms with E-state index in [0.29, 0.717) is 18.0 Å². The molecule has 2 aromatic rings. The molecular weight excluding hydrogens is 423 g/mol. The molecule has 1 heterocycles. The van der Waals surface area contributed by atoms with Crippen LogP contribution in [0.3, 0.4) is 0 Å². The van der Waals surface area contributed by atoms with E-state index in [4.69, 9.17) is 21.1 Å². The number of nitrogens with zero attached hydrogens (tertiary/aromatic N) is 2. The predicted octanol–water partition coefficient (Wildman–Crippen LogP) is 4.06. The van der Waals surface area contributed by atoms with Gasteiger partial charge in [0, 0.05) is 43.4 Å². The van der Waals surface area contributed by atoms with Crippen LogP contribution in [-0.4, -0.2) is 62.6 Å². The Kier molecular flexibility index (Phi) is 9.79. The zero-order valence-electron chi connectivity index (χ0n) is 17.3. The first kappa shape index (κ1) is 24.4. The Hall–Kier alpha value is -1.92. The fraction of sp³-hybridized carbons (Fsp3) is 0.391. The lowest BCUT2D eigenvalue weighted by molar-refractivity contribution is 0.0653. The van der Waals surface area contributed by atoms with Crippen LogP contribution in [0.2, 0.25) is 5.02 Å². The van der Waals surface area contributed by atoms with Gasteiger partial charge >= 0.3 is 0 Å². The molecule has 0 aromatic heterocycles. The topological polar surface area (TPSA) is 45.2 Å². The molecule has 1 aliphatic rings. The number of anilines is 1. The van der Waals surface area contributed by atoms with Gasteiger partial charge in [0.1, 0.15) is 12.7 Å². The first-order chi connectivity index (χ1) is 14.1. The minimum Gasteiger partial charge on any atom is -0.493 e. The van der Waals surface area contributed by atoms with Crippen molar-refractivity contribution in [2.45, 2.75) is 12.5 Å². The summed E-state index contributed by atoms with van der Waals surface area (Å²) < 4.78 is 11.2. The molecule has 1 N–H and O–H groups in total. The van der Waals surface area contributed by atoms with E-state index in [1.54, 1.807) is 7.11 Å². The van der Waals surface area contributed by atoms with Crippen LogP contribution >= 0.6 is 24.0 Å². The summed E-state index contributed by atoms with van der Waals surface area (Å²) in [6, 6.07) is 13.8. The highest BCUT2D eigenvalue weighted by atomic mass is 35.5. The number of ether oxygens (including phenoxy) is 2.